The van der Waals surface area contributed by atoms with Gasteiger partial charge >= 0.3 is 0 Å². The lowest BCUT2D eigenvalue weighted by Crippen LogP contribution is -2.39. The first kappa shape index (κ1) is 19.8. The van der Waals surface area contributed by atoms with Crippen molar-refractivity contribution >= 4 is 29.1 Å². The highest BCUT2D eigenvalue weighted by Gasteiger charge is 2.22. The summed E-state index contributed by atoms with van der Waals surface area (Å²) in [5, 5.41) is 5.58. The van der Waals surface area contributed by atoms with Crippen LogP contribution in [0.5, 0.6) is 0 Å². The minimum atomic E-state index is 0.0982. The number of amides is 1. The maximum atomic E-state index is 12.7. The highest BCUT2D eigenvalue weighted by Crippen LogP contribution is 2.26. The van der Waals surface area contributed by atoms with Gasteiger partial charge in [-0.25, -0.2) is 4.68 Å². The lowest BCUT2D eigenvalue weighted by molar-refractivity contribution is -0.131. The zero-order chi connectivity index (χ0) is 18.9. The van der Waals surface area contributed by atoms with Gasteiger partial charge in [0, 0.05) is 24.3 Å². The van der Waals surface area contributed by atoms with Gasteiger partial charge in [-0.15, -0.1) is 0 Å². The van der Waals surface area contributed by atoms with Gasteiger partial charge in [0.05, 0.1) is 27.8 Å². The molecule has 1 aromatic heterocycles. The Kier molecular flexibility index (Phi) is 6.17. The van der Waals surface area contributed by atoms with E-state index in [1.165, 1.54) is 0 Å². The van der Waals surface area contributed by atoms with Crippen molar-refractivity contribution in [3.05, 3.63) is 45.2 Å². The Morgan fingerprint density at radius 1 is 1.20 bits per heavy atom. The van der Waals surface area contributed by atoms with E-state index in [0.29, 0.717) is 22.4 Å². The molecular weight excluding hydrogens is 357 g/mol. The molecule has 1 amide bonds. The molecule has 2 rings (SSSR count). The predicted molar refractivity (Wildman–Crippen MR) is 104 cm³/mol. The maximum Gasteiger partial charge on any atom is 0.227 e. The van der Waals surface area contributed by atoms with E-state index in [0.717, 1.165) is 22.6 Å². The molecule has 0 radical (unpaired) electrons. The molecule has 0 saturated heterocycles. The molecule has 136 valence electrons. The average Bonchev–Trinajstić information content (AvgIpc) is 2.83. The smallest absolute Gasteiger partial charge is 0.227 e. The Hall–Kier alpha value is -1.52. The highest BCUT2D eigenvalue weighted by molar-refractivity contribution is 6.42. The lowest BCUT2D eigenvalue weighted by atomic mass is 10.0. The van der Waals surface area contributed by atoms with Crippen LogP contribution in [-0.4, -0.2) is 33.7 Å². The third-order valence-corrected chi connectivity index (χ3v) is 5.63. The molecule has 1 aromatic carbocycles. The van der Waals surface area contributed by atoms with E-state index in [1.54, 1.807) is 12.1 Å². The van der Waals surface area contributed by atoms with Crippen molar-refractivity contribution in [3.8, 4) is 5.69 Å². The third kappa shape index (κ3) is 4.18. The number of aromatic nitrogens is 2. The standard InChI is InChI=1S/C19H25Cl2N3O/c1-11(2)13(4)23(6)19(25)10-16-12(3)22-24(14(16)5)15-7-8-17(20)18(21)9-15/h7-9,11,13H,10H2,1-6H3. The van der Waals surface area contributed by atoms with Gasteiger partial charge in [0.2, 0.25) is 5.91 Å². The quantitative estimate of drug-likeness (QED) is 0.742. The van der Waals surface area contributed by atoms with Crippen molar-refractivity contribution in [2.75, 3.05) is 7.05 Å². The Balaban J connectivity index is 2.30. The largest absolute Gasteiger partial charge is 0.343 e. The molecule has 25 heavy (non-hydrogen) atoms. The molecule has 0 fully saturated rings. The van der Waals surface area contributed by atoms with E-state index in [1.807, 2.05) is 36.5 Å². The summed E-state index contributed by atoms with van der Waals surface area (Å²) in [6.07, 6.45) is 0.340. The minimum Gasteiger partial charge on any atom is -0.343 e. The summed E-state index contributed by atoms with van der Waals surface area (Å²) in [6, 6.07) is 5.59. The van der Waals surface area contributed by atoms with Crippen molar-refractivity contribution < 1.29 is 4.79 Å². The Morgan fingerprint density at radius 2 is 1.84 bits per heavy atom. The molecule has 0 aliphatic carbocycles. The summed E-state index contributed by atoms with van der Waals surface area (Å²) >= 11 is 12.1. The second-order valence-corrected chi connectivity index (χ2v) is 7.64. The fourth-order valence-electron chi connectivity index (χ4n) is 2.75. The van der Waals surface area contributed by atoms with Gasteiger partial charge in [-0.05, 0) is 44.9 Å². The van der Waals surface area contributed by atoms with E-state index in [9.17, 15) is 4.79 Å². The number of nitrogens with zero attached hydrogens (tertiary/aromatic N) is 3. The Labute approximate surface area is 159 Å². The van der Waals surface area contributed by atoms with Gasteiger partial charge < -0.3 is 4.90 Å². The highest BCUT2D eigenvalue weighted by atomic mass is 35.5. The van der Waals surface area contributed by atoms with Crippen LogP contribution in [0.4, 0.5) is 0 Å². The van der Waals surface area contributed by atoms with Gasteiger partial charge in [0.1, 0.15) is 0 Å². The van der Waals surface area contributed by atoms with Crippen LogP contribution in [0.3, 0.4) is 0 Å². The monoisotopic (exact) mass is 381 g/mol. The van der Waals surface area contributed by atoms with Gasteiger partial charge in [0.25, 0.3) is 0 Å². The SMILES string of the molecule is Cc1nn(-c2ccc(Cl)c(Cl)c2)c(C)c1CC(=O)N(C)C(C)C(C)C. The fraction of sp³-hybridized carbons (Fsp3) is 0.474. The van der Waals surface area contributed by atoms with Gasteiger partial charge in [-0.2, -0.15) is 5.10 Å². The molecular formula is C19H25Cl2N3O. The first-order chi connectivity index (χ1) is 11.6. The molecule has 2 aromatic rings. The van der Waals surface area contributed by atoms with Crippen molar-refractivity contribution in [1.29, 1.82) is 0 Å². The number of hydrogen-bond acceptors (Lipinski definition) is 2. The number of carbonyl (C=O) groups excluding carboxylic acids is 1. The van der Waals surface area contributed by atoms with Crippen LogP contribution in [-0.2, 0) is 11.2 Å². The van der Waals surface area contributed by atoms with E-state index >= 15 is 0 Å². The third-order valence-electron chi connectivity index (χ3n) is 4.89. The molecule has 0 aliphatic heterocycles. The normalized spacial score (nSPS) is 12.5. The molecule has 0 saturated carbocycles. The second-order valence-electron chi connectivity index (χ2n) is 6.83. The van der Waals surface area contributed by atoms with Crippen LogP contribution >= 0.6 is 23.2 Å². The zero-order valence-electron chi connectivity index (χ0n) is 15.6. The molecule has 0 spiro atoms. The Bertz CT molecular complexity index is 783. The molecule has 0 aliphatic rings. The van der Waals surface area contributed by atoms with Crippen molar-refractivity contribution in [3.63, 3.8) is 0 Å². The molecule has 0 bridgehead atoms. The van der Waals surface area contributed by atoms with E-state index in [2.05, 4.69) is 25.9 Å². The van der Waals surface area contributed by atoms with E-state index < -0.39 is 0 Å². The number of aryl methyl sites for hydroxylation is 1. The maximum absolute atomic E-state index is 12.7. The van der Waals surface area contributed by atoms with Crippen LogP contribution in [0.1, 0.15) is 37.7 Å². The summed E-state index contributed by atoms with van der Waals surface area (Å²) < 4.78 is 1.81. The van der Waals surface area contributed by atoms with Gasteiger partial charge in [-0.3, -0.25) is 4.79 Å². The summed E-state index contributed by atoms with van der Waals surface area (Å²) in [5.74, 6) is 0.510. The number of rotatable bonds is 5. The molecule has 1 atom stereocenters. The van der Waals surface area contributed by atoms with Crippen LogP contribution in [0.25, 0.3) is 5.69 Å². The van der Waals surface area contributed by atoms with Crippen LogP contribution in [0.15, 0.2) is 18.2 Å². The summed E-state index contributed by atoms with van der Waals surface area (Å²) in [6.45, 7) is 10.2. The number of carbonyl (C=O) groups is 1. The predicted octanol–water partition coefficient (Wildman–Crippen LogP) is 4.84. The molecule has 1 heterocycles. The van der Waals surface area contributed by atoms with E-state index in [4.69, 9.17) is 23.2 Å². The number of halogens is 2. The summed E-state index contributed by atoms with van der Waals surface area (Å²) in [5.41, 5.74) is 3.58. The number of likely N-dealkylation sites (N-methyl/N-ethyl adjacent to an activating group) is 1. The van der Waals surface area contributed by atoms with E-state index in [-0.39, 0.29) is 11.9 Å². The summed E-state index contributed by atoms with van der Waals surface area (Å²) in [7, 11) is 1.86. The first-order valence-electron chi connectivity index (χ1n) is 8.39. The Morgan fingerprint density at radius 3 is 2.40 bits per heavy atom. The van der Waals surface area contributed by atoms with Crippen molar-refractivity contribution in [1.82, 2.24) is 14.7 Å². The lowest BCUT2D eigenvalue weighted by Gasteiger charge is -2.28. The topological polar surface area (TPSA) is 38.1 Å². The molecule has 1 unspecified atom stereocenters. The first-order valence-corrected chi connectivity index (χ1v) is 9.15. The fourth-order valence-corrected chi connectivity index (χ4v) is 3.04. The van der Waals surface area contributed by atoms with Crippen LogP contribution in [0.2, 0.25) is 10.0 Å². The summed E-state index contributed by atoms with van der Waals surface area (Å²) in [4.78, 5) is 14.5. The van der Waals surface area contributed by atoms with Crippen molar-refractivity contribution in [2.24, 2.45) is 5.92 Å². The average molecular weight is 382 g/mol. The minimum absolute atomic E-state index is 0.0982. The van der Waals surface area contributed by atoms with Crippen molar-refractivity contribution in [2.45, 2.75) is 47.1 Å². The van der Waals surface area contributed by atoms with Gasteiger partial charge in [0.15, 0.2) is 0 Å². The van der Waals surface area contributed by atoms with Crippen LogP contribution in [0, 0.1) is 19.8 Å². The van der Waals surface area contributed by atoms with Gasteiger partial charge in [-0.1, -0.05) is 37.0 Å². The molecule has 6 heteroatoms. The molecule has 0 N–H and O–H groups in total. The number of benzene rings is 1. The second kappa shape index (κ2) is 7.79. The molecule has 4 nitrogen and oxygen atoms in total. The number of hydrogen-bond donors (Lipinski definition) is 0. The van der Waals surface area contributed by atoms with Crippen LogP contribution < -0.4 is 0 Å². The zero-order valence-corrected chi connectivity index (χ0v) is 17.1.